The van der Waals surface area contributed by atoms with Gasteiger partial charge in [0.05, 0.1) is 17.1 Å². The minimum Gasteiger partial charge on any atom is -0.485 e. The fourth-order valence-corrected chi connectivity index (χ4v) is 2.62. The van der Waals surface area contributed by atoms with Gasteiger partial charge in [-0.25, -0.2) is 4.79 Å². The van der Waals surface area contributed by atoms with E-state index in [1.807, 2.05) is 13.0 Å². The summed E-state index contributed by atoms with van der Waals surface area (Å²) in [6.45, 7) is 5.18. The molecule has 1 N–H and O–H groups in total. The highest BCUT2D eigenvalue weighted by Gasteiger charge is 2.31. The van der Waals surface area contributed by atoms with E-state index in [0.717, 1.165) is 5.69 Å². The number of esters is 1. The van der Waals surface area contributed by atoms with Crippen LogP contribution in [0.25, 0.3) is 0 Å². The molecule has 0 fully saturated rings. The number of rotatable bonds is 4. The largest absolute Gasteiger partial charge is 0.485 e. The molecule has 0 unspecified atom stereocenters. The zero-order chi connectivity index (χ0) is 18.8. The van der Waals surface area contributed by atoms with E-state index >= 15 is 0 Å². The smallest absolute Gasteiger partial charge is 0.351 e. The fourth-order valence-electron chi connectivity index (χ4n) is 2.62. The summed E-state index contributed by atoms with van der Waals surface area (Å²) in [5, 5.41) is 6.99. The van der Waals surface area contributed by atoms with Gasteiger partial charge in [0.1, 0.15) is 6.61 Å². The van der Waals surface area contributed by atoms with E-state index in [4.69, 9.17) is 14.2 Å². The topological polar surface area (TPSA) is 91.7 Å². The van der Waals surface area contributed by atoms with Crippen LogP contribution in [0.2, 0.25) is 0 Å². The van der Waals surface area contributed by atoms with Crippen LogP contribution in [0, 0.1) is 13.8 Å². The molecule has 0 saturated carbocycles. The lowest BCUT2D eigenvalue weighted by molar-refractivity contribution is -0.162. The van der Waals surface area contributed by atoms with Crippen LogP contribution in [0.3, 0.4) is 0 Å². The van der Waals surface area contributed by atoms with E-state index in [0.29, 0.717) is 22.9 Å². The van der Waals surface area contributed by atoms with Gasteiger partial charge in [-0.1, -0.05) is 12.1 Å². The molecule has 8 heteroatoms. The van der Waals surface area contributed by atoms with Crippen LogP contribution in [0.1, 0.15) is 18.3 Å². The Morgan fingerprint density at radius 2 is 2.00 bits per heavy atom. The molecule has 2 atom stereocenters. The van der Waals surface area contributed by atoms with Crippen LogP contribution in [0.5, 0.6) is 11.5 Å². The average Bonchev–Trinajstić information content (AvgIpc) is 2.87. The van der Waals surface area contributed by atoms with E-state index in [1.165, 1.54) is 6.92 Å². The Bertz CT molecular complexity index is 845. The number of benzene rings is 1. The van der Waals surface area contributed by atoms with Gasteiger partial charge in [0.15, 0.2) is 17.6 Å². The van der Waals surface area contributed by atoms with E-state index in [-0.39, 0.29) is 6.61 Å². The van der Waals surface area contributed by atoms with E-state index < -0.39 is 24.1 Å². The van der Waals surface area contributed by atoms with Crippen LogP contribution < -0.4 is 14.8 Å². The molecule has 0 aliphatic carbocycles. The second kappa shape index (κ2) is 7.07. The summed E-state index contributed by atoms with van der Waals surface area (Å²) in [4.78, 5) is 24.6. The molecule has 3 rings (SSSR count). The van der Waals surface area contributed by atoms with Crippen LogP contribution in [-0.4, -0.2) is 40.5 Å². The number of nitrogens with one attached hydrogen (secondary N) is 1. The van der Waals surface area contributed by atoms with Gasteiger partial charge in [0, 0.05) is 7.05 Å². The van der Waals surface area contributed by atoms with Gasteiger partial charge in [-0.15, -0.1) is 0 Å². The highest BCUT2D eigenvalue weighted by atomic mass is 16.6. The monoisotopic (exact) mass is 359 g/mol. The third-order valence-electron chi connectivity index (χ3n) is 4.19. The Hall–Kier alpha value is -3.03. The normalized spacial score (nSPS) is 16.7. The molecule has 1 aliphatic heterocycles. The van der Waals surface area contributed by atoms with Crippen molar-refractivity contribution in [3.8, 4) is 11.5 Å². The molecule has 0 saturated heterocycles. The van der Waals surface area contributed by atoms with Crippen molar-refractivity contribution < 1.29 is 23.8 Å². The first kappa shape index (κ1) is 17.8. The number of carbonyl (C=O) groups excluding carboxylic acids is 2. The molecule has 1 amide bonds. The van der Waals surface area contributed by atoms with Crippen molar-refractivity contribution in [2.45, 2.75) is 33.0 Å². The Morgan fingerprint density at radius 1 is 1.31 bits per heavy atom. The maximum Gasteiger partial charge on any atom is 0.351 e. The Kier molecular flexibility index (Phi) is 4.83. The summed E-state index contributed by atoms with van der Waals surface area (Å²) in [5.74, 6) is -0.0410. The number of ether oxygens (including phenoxy) is 3. The van der Waals surface area contributed by atoms with Gasteiger partial charge in [0.2, 0.25) is 6.10 Å². The first-order valence-electron chi connectivity index (χ1n) is 8.27. The Morgan fingerprint density at radius 3 is 2.65 bits per heavy atom. The van der Waals surface area contributed by atoms with E-state index in [1.54, 1.807) is 36.9 Å². The molecule has 26 heavy (non-hydrogen) atoms. The number of para-hydroxylation sites is 2. The highest BCUT2D eigenvalue weighted by molar-refractivity contribution is 5.96. The fraction of sp³-hybridized carbons (Fsp3) is 0.389. The summed E-state index contributed by atoms with van der Waals surface area (Å²) >= 11 is 0. The van der Waals surface area contributed by atoms with Crippen LogP contribution in [0.15, 0.2) is 24.3 Å². The molecule has 1 aromatic heterocycles. The molecule has 8 nitrogen and oxygen atoms in total. The average molecular weight is 359 g/mol. The van der Waals surface area contributed by atoms with Crippen molar-refractivity contribution in [1.29, 1.82) is 0 Å². The predicted octanol–water partition coefficient (Wildman–Crippen LogP) is 1.75. The maximum atomic E-state index is 12.3. The third kappa shape index (κ3) is 3.49. The van der Waals surface area contributed by atoms with E-state index in [2.05, 4.69) is 10.4 Å². The second-order valence-electron chi connectivity index (χ2n) is 6.10. The summed E-state index contributed by atoms with van der Waals surface area (Å²) in [6, 6.07) is 7.06. The highest BCUT2D eigenvalue weighted by Crippen LogP contribution is 2.31. The number of hydrogen-bond donors (Lipinski definition) is 1. The van der Waals surface area contributed by atoms with Crippen molar-refractivity contribution in [2.75, 3.05) is 11.9 Å². The minimum absolute atomic E-state index is 0.0327. The van der Waals surface area contributed by atoms with Crippen molar-refractivity contribution >= 4 is 17.6 Å². The second-order valence-corrected chi connectivity index (χ2v) is 6.10. The van der Waals surface area contributed by atoms with Gasteiger partial charge in [-0.3, -0.25) is 9.48 Å². The molecule has 1 aromatic carbocycles. The zero-order valence-corrected chi connectivity index (χ0v) is 15.1. The number of fused-ring (bicyclic) bond motifs is 1. The van der Waals surface area contributed by atoms with Crippen LogP contribution in [0.4, 0.5) is 5.69 Å². The summed E-state index contributed by atoms with van der Waals surface area (Å²) < 4.78 is 18.0. The quantitative estimate of drug-likeness (QED) is 0.836. The number of amides is 1. The summed E-state index contributed by atoms with van der Waals surface area (Å²) in [5.41, 5.74) is 2.12. The van der Waals surface area contributed by atoms with Gasteiger partial charge in [0.25, 0.3) is 5.91 Å². The van der Waals surface area contributed by atoms with Gasteiger partial charge in [-0.05, 0) is 32.9 Å². The lowest BCUT2D eigenvalue weighted by atomic mass is 10.2. The lowest BCUT2D eigenvalue weighted by Crippen LogP contribution is -2.41. The SMILES string of the molecule is Cc1nn(C)c(C)c1NC(=O)[C@H](C)OC(=O)[C@@H]1COc2ccccc2O1. The van der Waals surface area contributed by atoms with Crippen LogP contribution in [-0.2, 0) is 21.4 Å². The first-order valence-corrected chi connectivity index (χ1v) is 8.27. The van der Waals surface area contributed by atoms with Crippen LogP contribution >= 0.6 is 0 Å². The lowest BCUT2D eigenvalue weighted by Gasteiger charge is -2.25. The van der Waals surface area contributed by atoms with E-state index in [9.17, 15) is 9.59 Å². The number of nitrogens with zero attached hydrogens (tertiary/aromatic N) is 2. The molecule has 0 radical (unpaired) electrons. The standard InChI is InChI=1S/C18H21N3O5/c1-10-16(11(2)21(4)20-10)19-17(22)12(3)25-18(23)15-9-24-13-7-5-6-8-14(13)26-15/h5-8,12,15H,9H2,1-4H3,(H,19,22)/t12-,15-/m0/s1. The number of aromatic nitrogens is 2. The molecule has 1 aliphatic rings. The Balaban J connectivity index is 1.60. The number of anilines is 1. The minimum atomic E-state index is -0.984. The molecular formula is C18H21N3O5. The third-order valence-corrected chi connectivity index (χ3v) is 4.19. The van der Waals surface area contributed by atoms with Crippen molar-refractivity contribution in [3.63, 3.8) is 0 Å². The molecule has 138 valence electrons. The number of hydrogen-bond acceptors (Lipinski definition) is 6. The predicted molar refractivity (Wildman–Crippen MR) is 93.2 cm³/mol. The number of aryl methyl sites for hydroxylation is 2. The summed E-state index contributed by atoms with van der Waals surface area (Å²) in [6.07, 6.45) is -1.90. The van der Waals surface area contributed by atoms with Crippen molar-refractivity contribution in [3.05, 3.63) is 35.7 Å². The molecule has 2 heterocycles. The summed E-state index contributed by atoms with van der Waals surface area (Å²) in [7, 11) is 1.79. The van der Waals surface area contributed by atoms with Crippen molar-refractivity contribution in [2.24, 2.45) is 7.05 Å². The first-order chi connectivity index (χ1) is 12.4. The van der Waals surface area contributed by atoms with Gasteiger partial charge >= 0.3 is 5.97 Å². The molecule has 2 aromatic rings. The van der Waals surface area contributed by atoms with Gasteiger partial charge in [-0.2, -0.15) is 5.10 Å². The molecule has 0 spiro atoms. The van der Waals surface area contributed by atoms with Gasteiger partial charge < -0.3 is 19.5 Å². The van der Waals surface area contributed by atoms with Crippen molar-refractivity contribution in [1.82, 2.24) is 9.78 Å². The zero-order valence-electron chi connectivity index (χ0n) is 15.1. The number of carbonyl (C=O) groups is 2. The molecule has 0 bridgehead atoms. The maximum absolute atomic E-state index is 12.3. The molecular weight excluding hydrogens is 338 g/mol. The Labute approximate surface area is 151 Å².